The number of hydrogen-bond donors (Lipinski definition) is 0. The highest BCUT2D eigenvalue weighted by molar-refractivity contribution is 5.94. The van der Waals surface area contributed by atoms with Crippen LogP contribution in [0.2, 0.25) is 0 Å². The lowest BCUT2D eigenvalue weighted by Gasteiger charge is -2.19. The van der Waals surface area contributed by atoms with Crippen molar-refractivity contribution in [1.29, 1.82) is 0 Å². The van der Waals surface area contributed by atoms with Gasteiger partial charge in [0.05, 0.1) is 11.1 Å². The number of rotatable bonds is 5. The van der Waals surface area contributed by atoms with E-state index in [4.69, 9.17) is 9.97 Å². The number of hydrogen-bond acceptors (Lipinski definition) is 3. The average Bonchev–Trinajstić information content (AvgIpc) is 3.00. The van der Waals surface area contributed by atoms with Crippen molar-refractivity contribution < 1.29 is 0 Å². The van der Waals surface area contributed by atoms with E-state index >= 15 is 0 Å². The van der Waals surface area contributed by atoms with Gasteiger partial charge < -0.3 is 4.90 Å². The van der Waals surface area contributed by atoms with E-state index in [9.17, 15) is 0 Å². The largest absolute Gasteiger partial charge is 0.359 e. The van der Waals surface area contributed by atoms with Crippen molar-refractivity contribution in [2.75, 3.05) is 18.5 Å². The summed E-state index contributed by atoms with van der Waals surface area (Å²) in [5.41, 5.74) is 9.26. The summed E-state index contributed by atoms with van der Waals surface area (Å²) in [6, 6.07) is 4.58. The molecule has 0 atom stereocenters. The first-order valence-electron chi connectivity index (χ1n) is 10.7. The van der Waals surface area contributed by atoms with Gasteiger partial charge in [0, 0.05) is 19.3 Å². The molecule has 4 heteroatoms. The molecule has 2 aromatic heterocycles. The molecule has 2 heterocycles. The maximum Gasteiger partial charge on any atom is 0.150 e. The molecule has 0 saturated heterocycles. The maximum atomic E-state index is 4.82. The summed E-state index contributed by atoms with van der Waals surface area (Å²) in [5.74, 6) is 1.10. The topological polar surface area (TPSA) is 34.0 Å². The van der Waals surface area contributed by atoms with Crippen LogP contribution in [0.5, 0.6) is 0 Å². The zero-order valence-corrected chi connectivity index (χ0v) is 18.0. The van der Waals surface area contributed by atoms with Gasteiger partial charge in [0.2, 0.25) is 0 Å². The first-order valence-corrected chi connectivity index (χ1v) is 10.7. The molecular formula is C24H32N4. The summed E-state index contributed by atoms with van der Waals surface area (Å²) in [6.07, 6.45) is 8.88. The van der Waals surface area contributed by atoms with Crippen LogP contribution in [-0.4, -0.2) is 28.1 Å². The Hall–Kier alpha value is -2.36. The molecular weight excluding hydrogens is 344 g/mol. The molecule has 0 fully saturated rings. The zero-order chi connectivity index (χ0) is 19.8. The average molecular weight is 377 g/mol. The van der Waals surface area contributed by atoms with Crippen LogP contribution in [0.15, 0.2) is 18.5 Å². The number of benzene rings is 1. The number of nitrogens with zero attached hydrogens (tertiary/aromatic N) is 4. The Balaban J connectivity index is 2.01. The highest BCUT2D eigenvalue weighted by atomic mass is 15.2. The standard InChI is InChI=1S/C24H32N4/c1-6-7-12-27(5)23-21-19-10-8-9-11-20(19)28(24(21)26-15-25-23)22-17(3)13-16(2)14-18(22)4/h13-15H,6-12H2,1-5H3. The van der Waals surface area contributed by atoms with Gasteiger partial charge >= 0.3 is 0 Å². The summed E-state index contributed by atoms with van der Waals surface area (Å²) in [5, 5.41) is 1.27. The third kappa shape index (κ3) is 3.09. The van der Waals surface area contributed by atoms with Gasteiger partial charge in [0.1, 0.15) is 12.1 Å². The summed E-state index contributed by atoms with van der Waals surface area (Å²) in [6.45, 7) is 9.91. The second-order valence-corrected chi connectivity index (χ2v) is 8.39. The minimum Gasteiger partial charge on any atom is -0.359 e. The lowest BCUT2D eigenvalue weighted by molar-refractivity contribution is 0.665. The second-order valence-electron chi connectivity index (χ2n) is 8.39. The minimum atomic E-state index is 1.03. The summed E-state index contributed by atoms with van der Waals surface area (Å²) >= 11 is 0. The van der Waals surface area contributed by atoms with Crippen LogP contribution >= 0.6 is 0 Å². The molecule has 4 rings (SSSR count). The fourth-order valence-corrected chi connectivity index (χ4v) is 4.90. The number of anilines is 1. The second kappa shape index (κ2) is 7.57. The van der Waals surface area contributed by atoms with E-state index in [2.05, 4.69) is 56.3 Å². The van der Waals surface area contributed by atoms with Crippen molar-refractivity contribution >= 4 is 16.9 Å². The predicted molar refractivity (Wildman–Crippen MR) is 118 cm³/mol. The van der Waals surface area contributed by atoms with Crippen LogP contribution in [0.4, 0.5) is 5.82 Å². The van der Waals surface area contributed by atoms with Crippen LogP contribution in [0.3, 0.4) is 0 Å². The third-order valence-corrected chi connectivity index (χ3v) is 6.10. The third-order valence-electron chi connectivity index (χ3n) is 6.10. The number of fused-ring (bicyclic) bond motifs is 3. The monoisotopic (exact) mass is 376 g/mol. The number of aryl methyl sites for hydroxylation is 4. The molecule has 148 valence electrons. The smallest absolute Gasteiger partial charge is 0.150 e. The lowest BCUT2D eigenvalue weighted by atomic mass is 9.95. The molecule has 1 aromatic carbocycles. The van der Waals surface area contributed by atoms with E-state index < -0.39 is 0 Å². The zero-order valence-electron chi connectivity index (χ0n) is 18.0. The molecule has 28 heavy (non-hydrogen) atoms. The highest BCUT2D eigenvalue weighted by Crippen LogP contribution is 2.39. The molecule has 0 unspecified atom stereocenters. The van der Waals surface area contributed by atoms with E-state index in [1.165, 1.54) is 64.7 Å². The van der Waals surface area contributed by atoms with Crippen molar-refractivity contribution in [3.8, 4) is 5.69 Å². The van der Waals surface area contributed by atoms with Crippen LogP contribution in [0.25, 0.3) is 16.7 Å². The van der Waals surface area contributed by atoms with Crippen LogP contribution in [0.1, 0.15) is 60.6 Å². The van der Waals surface area contributed by atoms with E-state index in [0.29, 0.717) is 0 Å². The van der Waals surface area contributed by atoms with Crippen molar-refractivity contribution in [1.82, 2.24) is 14.5 Å². The molecule has 0 bridgehead atoms. The molecule has 1 aliphatic rings. The fraction of sp³-hybridized carbons (Fsp3) is 0.500. The summed E-state index contributed by atoms with van der Waals surface area (Å²) in [7, 11) is 2.17. The van der Waals surface area contributed by atoms with Gasteiger partial charge in [0.15, 0.2) is 5.65 Å². The van der Waals surface area contributed by atoms with E-state index in [1.54, 1.807) is 6.33 Å². The lowest BCUT2D eigenvalue weighted by Crippen LogP contribution is -2.20. The Kier molecular flexibility index (Phi) is 5.13. The van der Waals surface area contributed by atoms with Gasteiger partial charge in [0.25, 0.3) is 0 Å². The van der Waals surface area contributed by atoms with Crippen molar-refractivity contribution in [2.24, 2.45) is 0 Å². The molecule has 0 aliphatic heterocycles. The van der Waals surface area contributed by atoms with Gasteiger partial charge in [-0.2, -0.15) is 0 Å². The Morgan fingerprint density at radius 3 is 2.46 bits per heavy atom. The van der Waals surface area contributed by atoms with Gasteiger partial charge in [-0.25, -0.2) is 9.97 Å². The molecule has 0 amide bonds. The Morgan fingerprint density at radius 1 is 1.04 bits per heavy atom. The number of aromatic nitrogens is 3. The molecule has 3 aromatic rings. The minimum absolute atomic E-state index is 1.03. The Labute approximate surface area is 168 Å². The quantitative estimate of drug-likeness (QED) is 0.593. The highest BCUT2D eigenvalue weighted by Gasteiger charge is 2.26. The van der Waals surface area contributed by atoms with Crippen molar-refractivity contribution in [3.05, 3.63) is 46.4 Å². The first-order chi connectivity index (χ1) is 13.5. The molecule has 0 spiro atoms. The van der Waals surface area contributed by atoms with Gasteiger partial charge in [-0.1, -0.05) is 31.0 Å². The fourth-order valence-electron chi connectivity index (χ4n) is 4.90. The Morgan fingerprint density at radius 2 is 1.75 bits per heavy atom. The van der Waals surface area contributed by atoms with E-state index in [-0.39, 0.29) is 0 Å². The van der Waals surface area contributed by atoms with Crippen LogP contribution < -0.4 is 4.90 Å². The van der Waals surface area contributed by atoms with Gasteiger partial charge in [-0.15, -0.1) is 0 Å². The van der Waals surface area contributed by atoms with Crippen molar-refractivity contribution in [3.63, 3.8) is 0 Å². The predicted octanol–water partition coefficient (Wildman–Crippen LogP) is 5.46. The molecule has 4 nitrogen and oxygen atoms in total. The van der Waals surface area contributed by atoms with E-state index in [1.807, 2.05) is 0 Å². The van der Waals surface area contributed by atoms with Gasteiger partial charge in [-0.3, -0.25) is 4.57 Å². The number of unbranched alkanes of at least 4 members (excludes halogenated alkanes) is 1. The maximum absolute atomic E-state index is 4.82. The normalized spacial score (nSPS) is 13.8. The Bertz CT molecular complexity index is 992. The van der Waals surface area contributed by atoms with Crippen LogP contribution in [-0.2, 0) is 12.8 Å². The van der Waals surface area contributed by atoms with E-state index in [0.717, 1.165) is 30.9 Å². The van der Waals surface area contributed by atoms with Gasteiger partial charge in [-0.05, 0) is 69.6 Å². The summed E-state index contributed by atoms with van der Waals surface area (Å²) in [4.78, 5) is 11.9. The van der Waals surface area contributed by atoms with Crippen LogP contribution in [0, 0.1) is 20.8 Å². The first kappa shape index (κ1) is 19.0. The molecule has 1 aliphatic carbocycles. The van der Waals surface area contributed by atoms with Crippen molar-refractivity contribution in [2.45, 2.75) is 66.2 Å². The molecule has 0 N–H and O–H groups in total. The SMILES string of the molecule is CCCCN(C)c1ncnc2c1c1c(n2-c2c(C)cc(C)cc2C)CCCC1. The molecule has 0 radical (unpaired) electrons. The summed E-state index contributed by atoms with van der Waals surface area (Å²) < 4.78 is 2.45. The molecule has 0 saturated carbocycles.